The third-order valence-electron chi connectivity index (χ3n) is 2.77. The lowest BCUT2D eigenvalue weighted by molar-refractivity contribution is 0.0182. The number of esters is 1. The van der Waals surface area contributed by atoms with E-state index in [1.807, 2.05) is 0 Å². The average molecular weight is 239 g/mol. The van der Waals surface area contributed by atoms with E-state index in [0.29, 0.717) is 25.7 Å². The number of halogens is 1. The van der Waals surface area contributed by atoms with Crippen molar-refractivity contribution >= 4 is 5.97 Å². The van der Waals surface area contributed by atoms with E-state index in [4.69, 9.17) is 9.47 Å². The van der Waals surface area contributed by atoms with Crippen LogP contribution in [0.1, 0.15) is 23.2 Å². The predicted molar refractivity (Wildman–Crippen MR) is 58.0 cm³/mol. The first kappa shape index (κ1) is 12.0. The number of aromatic nitrogens is 1. The fourth-order valence-corrected chi connectivity index (χ4v) is 1.72. The van der Waals surface area contributed by atoms with Gasteiger partial charge in [-0.05, 0) is 30.9 Å². The molecule has 0 unspecified atom stereocenters. The quantitative estimate of drug-likeness (QED) is 0.596. The number of ether oxygens (including phenoxy) is 2. The maximum absolute atomic E-state index is 13.2. The highest BCUT2D eigenvalue weighted by Crippen LogP contribution is 2.15. The van der Waals surface area contributed by atoms with Gasteiger partial charge in [-0.25, -0.2) is 9.78 Å². The molecule has 4 nitrogen and oxygen atoms in total. The molecule has 2 heterocycles. The molecule has 0 radical (unpaired) electrons. The van der Waals surface area contributed by atoms with Crippen LogP contribution < -0.4 is 0 Å². The zero-order valence-corrected chi connectivity index (χ0v) is 9.39. The lowest BCUT2D eigenvalue weighted by Gasteiger charge is -2.21. The molecular weight excluding hydrogens is 225 g/mol. The molecule has 0 aliphatic carbocycles. The van der Waals surface area contributed by atoms with Crippen LogP contribution in [-0.4, -0.2) is 30.8 Å². The molecule has 2 rings (SSSR count). The minimum absolute atomic E-state index is 0.112. The van der Waals surface area contributed by atoms with E-state index < -0.39 is 11.9 Å². The van der Waals surface area contributed by atoms with E-state index >= 15 is 0 Å². The number of pyridine rings is 1. The van der Waals surface area contributed by atoms with Gasteiger partial charge in [0.2, 0.25) is 5.95 Å². The van der Waals surface area contributed by atoms with Gasteiger partial charge in [-0.2, -0.15) is 4.39 Å². The van der Waals surface area contributed by atoms with Crippen LogP contribution in [-0.2, 0) is 9.47 Å². The van der Waals surface area contributed by atoms with Crippen LogP contribution in [0.15, 0.2) is 18.3 Å². The van der Waals surface area contributed by atoms with Crippen molar-refractivity contribution in [1.82, 2.24) is 4.98 Å². The molecule has 1 aromatic rings. The second-order valence-corrected chi connectivity index (χ2v) is 4.00. The summed E-state index contributed by atoms with van der Waals surface area (Å²) in [5.41, 5.74) is -0.112. The summed E-state index contributed by atoms with van der Waals surface area (Å²) in [4.78, 5) is 15.0. The van der Waals surface area contributed by atoms with Crippen LogP contribution in [0.25, 0.3) is 0 Å². The van der Waals surface area contributed by atoms with E-state index in [-0.39, 0.29) is 5.56 Å². The monoisotopic (exact) mass is 239 g/mol. The van der Waals surface area contributed by atoms with E-state index in [9.17, 15) is 9.18 Å². The van der Waals surface area contributed by atoms with Crippen molar-refractivity contribution in [3.63, 3.8) is 0 Å². The summed E-state index contributed by atoms with van der Waals surface area (Å²) in [7, 11) is 0. The number of hydrogen-bond donors (Lipinski definition) is 0. The molecule has 1 saturated heterocycles. The zero-order valence-electron chi connectivity index (χ0n) is 9.39. The van der Waals surface area contributed by atoms with Gasteiger partial charge in [0, 0.05) is 19.4 Å². The Balaban J connectivity index is 1.87. The Morgan fingerprint density at radius 3 is 3.00 bits per heavy atom. The molecule has 0 saturated carbocycles. The summed E-state index contributed by atoms with van der Waals surface area (Å²) in [6.07, 6.45) is 3.05. The Labute approximate surface area is 98.8 Å². The molecule has 17 heavy (non-hydrogen) atoms. The van der Waals surface area contributed by atoms with E-state index in [1.165, 1.54) is 18.3 Å². The van der Waals surface area contributed by atoms with Crippen molar-refractivity contribution in [3.8, 4) is 0 Å². The van der Waals surface area contributed by atoms with Gasteiger partial charge in [0.05, 0.1) is 6.61 Å². The first-order chi connectivity index (χ1) is 8.27. The molecule has 1 aliphatic heterocycles. The first-order valence-electron chi connectivity index (χ1n) is 5.63. The van der Waals surface area contributed by atoms with Crippen LogP contribution in [0.3, 0.4) is 0 Å². The molecule has 1 aliphatic rings. The molecule has 0 amide bonds. The Hall–Kier alpha value is -1.49. The van der Waals surface area contributed by atoms with Crippen LogP contribution in [0.5, 0.6) is 0 Å². The molecule has 0 spiro atoms. The molecule has 1 aromatic heterocycles. The molecule has 0 N–H and O–H groups in total. The fraction of sp³-hybridized carbons (Fsp3) is 0.500. The Morgan fingerprint density at radius 1 is 1.53 bits per heavy atom. The maximum Gasteiger partial charge on any atom is 0.342 e. The lowest BCUT2D eigenvalue weighted by atomic mass is 10.0. The van der Waals surface area contributed by atoms with Crippen LogP contribution in [0.2, 0.25) is 0 Å². The SMILES string of the molecule is O=C(OCC1CCOCC1)c1cccnc1F. The van der Waals surface area contributed by atoms with Gasteiger partial charge < -0.3 is 9.47 Å². The van der Waals surface area contributed by atoms with Crippen molar-refractivity contribution in [2.24, 2.45) is 5.92 Å². The van der Waals surface area contributed by atoms with Crippen molar-refractivity contribution in [1.29, 1.82) is 0 Å². The van der Waals surface area contributed by atoms with Gasteiger partial charge in [-0.3, -0.25) is 0 Å². The molecule has 0 bridgehead atoms. The van der Waals surface area contributed by atoms with Gasteiger partial charge in [0.15, 0.2) is 0 Å². The largest absolute Gasteiger partial charge is 0.462 e. The number of nitrogens with zero attached hydrogens (tertiary/aromatic N) is 1. The van der Waals surface area contributed by atoms with Gasteiger partial charge in [0.1, 0.15) is 5.56 Å². The topological polar surface area (TPSA) is 48.4 Å². The van der Waals surface area contributed by atoms with Crippen molar-refractivity contribution in [2.75, 3.05) is 19.8 Å². The van der Waals surface area contributed by atoms with Crippen LogP contribution >= 0.6 is 0 Å². The smallest absolute Gasteiger partial charge is 0.342 e. The standard InChI is InChI=1S/C12H14FNO3/c13-11-10(2-1-5-14-11)12(15)17-8-9-3-6-16-7-4-9/h1-2,5,9H,3-4,6-8H2. The number of carbonyl (C=O) groups excluding carboxylic acids is 1. The molecule has 0 atom stereocenters. The summed E-state index contributed by atoms with van der Waals surface area (Å²) >= 11 is 0. The molecular formula is C12H14FNO3. The molecule has 5 heteroatoms. The van der Waals surface area contributed by atoms with Crippen molar-refractivity contribution in [3.05, 3.63) is 29.8 Å². The van der Waals surface area contributed by atoms with Gasteiger partial charge >= 0.3 is 5.97 Å². The highest BCUT2D eigenvalue weighted by Gasteiger charge is 2.18. The van der Waals surface area contributed by atoms with Crippen LogP contribution in [0.4, 0.5) is 4.39 Å². The Kier molecular flexibility index (Phi) is 4.03. The Morgan fingerprint density at radius 2 is 2.29 bits per heavy atom. The normalized spacial score (nSPS) is 16.8. The summed E-state index contributed by atoms with van der Waals surface area (Å²) in [6.45, 7) is 1.71. The second-order valence-electron chi connectivity index (χ2n) is 4.00. The van der Waals surface area contributed by atoms with Gasteiger partial charge in [-0.1, -0.05) is 0 Å². The van der Waals surface area contributed by atoms with Crippen LogP contribution in [0, 0.1) is 11.9 Å². The predicted octanol–water partition coefficient (Wildman–Crippen LogP) is 1.80. The average Bonchev–Trinajstić information content (AvgIpc) is 2.38. The highest BCUT2D eigenvalue weighted by molar-refractivity contribution is 5.89. The number of hydrogen-bond acceptors (Lipinski definition) is 4. The Bertz CT molecular complexity index is 391. The zero-order chi connectivity index (χ0) is 12.1. The van der Waals surface area contributed by atoms with E-state index in [0.717, 1.165) is 12.8 Å². The third kappa shape index (κ3) is 3.23. The van der Waals surface area contributed by atoms with Gasteiger partial charge in [-0.15, -0.1) is 0 Å². The van der Waals surface area contributed by atoms with Crippen molar-refractivity contribution in [2.45, 2.75) is 12.8 Å². The van der Waals surface area contributed by atoms with Gasteiger partial charge in [0.25, 0.3) is 0 Å². The van der Waals surface area contributed by atoms with E-state index in [1.54, 1.807) is 0 Å². The summed E-state index contributed by atoms with van der Waals surface area (Å²) < 4.78 is 23.4. The fourth-order valence-electron chi connectivity index (χ4n) is 1.72. The second kappa shape index (κ2) is 5.72. The highest BCUT2D eigenvalue weighted by atomic mass is 19.1. The number of rotatable bonds is 3. The summed E-state index contributed by atoms with van der Waals surface area (Å²) in [5.74, 6) is -1.13. The number of carbonyl (C=O) groups is 1. The summed E-state index contributed by atoms with van der Waals surface area (Å²) in [6, 6.07) is 2.88. The van der Waals surface area contributed by atoms with Crippen molar-refractivity contribution < 1.29 is 18.7 Å². The molecule has 92 valence electrons. The first-order valence-corrected chi connectivity index (χ1v) is 5.63. The lowest BCUT2D eigenvalue weighted by Crippen LogP contribution is -2.22. The molecule has 0 aromatic carbocycles. The molecule has 1 fully saturated rings. The minimum Gasteiger partial charge on any atom is -0.462 e. The summed E-state index contributed by atoms with van der Waals surface area (Å²) in [5, 5.41) is 0. The minimum atomic E-state index is -0.788. The van der Waals surface area contributed by atoms with E-state index in [2.05, 4.69) is 4.98 Å². The third-order valence-corrected chi connectivity index (χ3v) is 2.77. The maximum atomic E-state index is 13.2.